The lowest BCUT2D eigenvalue weighted by atomic mass is 10.8. The summed E-state index contributed by atoms with van der Waals surface area (Å²) in [5, 5.41) is 0. The molecule has 0 aromatic carbocycles. The standard InChI is InChI=1S/C4H10F3NOS/c1-3-8(4-9-2)10(5,6)7/h3-4H2,1-2H3. The van der Waals surface area contributed by atoms with Crippen LogP contribution in [0.15, 0.2) is 0 Å². The summed E-state index contributed by atoms with van der Waals surface area (Å²) >= 11 is -5.07. The van der Waals surface area contributed by atoms with Crippen LogP contribution in [0.1, 0.15) is 6.92 Å². The Morgan fingerprint density at radius 1 is 1.40 bits per heavy atom. The minimum atomic E-state index is -5.07. The molecule has 0 aromatic rings. The molecule has 0 aromatic heterocycles. The Hall–Kier alpha value is 0.0600. The van der Waals surface area contributed by atoms with E-state index in [1.807, 2.05) is 0 Å². The Labute approximate surface area is 60.3 Å². The van der Waals surface area contributed by atoms with E-state index in [0.29, 0.717) is 4.31 Å². The van der Waals surface area contributed by atoms with Gasteiger partial charge in [0, 0.05) is 13.7 Å². The van der Waals surface area contributed by atoms with Gasteiger partial charge in [-0.25, -0.2) is 0 Å². The maximum atomic E-state index is 11.8. The number of ether oxygens (including phenoxy) is 1. The molecule has 0 N–H and O–H groups in total. The molecule has 0 fully saturated rings. The minimum Gasteiger partial charge on any atom is -0.368 e. The predicted molar refractivity (Wildman–Crippen MR) is 35.2 cm³/mol. The lowest BCUT2D eigenvalue weighted by molar-refractivity contribution is 0.115. The Kier molecular flexibility index (Phi) is 4.07. The van der Waals surface area contributed by atoms with Gasteiger partial charge < -0.3 is 4.74 Å². The summed E-state index contributed by atoms with van der Waals surface area (Å²) in [6.45, 7) is 1.03. The van der Waals surface area contributed by atoms with Crippen molar-refractivity contribution in [1.29, 1.82) is 0 Å². The van der Waals surface area contributed by atoms with Gasteiger partial charge in [0.05, 0.1) is 0 Å². The number of nitrogens with zero attached hydrogens (tertiary/aromatic N) is 1. The fourth-order valence-corrected chi connectivity index (χ4v) is 0.959. The molecule has 0 amide bonds. The second kappa shape index (κ2) is 4.05. The highest BCUT2D eigenvalue weighted by Crippen LogP contribution is 2.56. The first kappa shape index (κ1) is 10.1. The number of rotatable bonds is 4. The van der Waals surface area contributed by atoms with Gasteiger partial charge in [0.1, 0.15) is 6.73 Å². The Balaban J connectivity index is 3.81. The SMILES string of the molecule is CCN(COC)S(F)(F)F. The van der Waals surface area contributed by atoms with Crippen molar-refractivity contribution < 1.29 is 16.4 Å². The largest absolute Gasteiger partial charge is 0.368 e. The molecule has 6 heteroatoms. The maximum absolute atomic E-state index is 11.8. The van der Waals surface area contributed by atoms with E-state index in [0.717, 1.165) is 0 Å². The third kappa shape index (κ3) is 3.28. The first-order chi connectivity index (χ1) is 4.52. The minimum absolute atomic E-state index is 0.0489. The van der Waals surface area contributed by atoms with Gasteiger partial charge >= 0.3 is 0 Å². The number of halogens is 3. The van der Waals surface area contributed by atoms with Gasteiger partial charge in [0.25, 0.3) is 11.4 Å². The van der Waals surface area contributed by atoms with Crippen LogP contribution in [0.3, 0.4) is 0 Å². The Bertz CT molecular complexity index is 97.0. The molecule has 0 spiro atoms. The van der Waals surface area contributed by atoms with Gasteiger partial charge in [-0.1, -0.05) is 6.92 Å². The highest BCUT2D eigenvalue weighted by atomic mass is 32.3. The van der Waals surface area contributed by atoms with E-state index in [1.54, 1.807) is 0 Å². The molecule has 0 aliphatic heterocycles. The fraction of sp³-hybridized carbons (Fsp3) is 1.00. The van der Waals surface area contributed by atoms with E-state index in [2.05, 4.69) is 4.74 Å². The third-order valence-corrected chi connectivity index (χ3v) is 1.87. The fourth-order valence-electron chi connectivity index (χ4n) is 0.441. The molecule has 0 aliphatic carbocycles. The summed E-state index contributed by atoms with van der Waals surface area (Å²) in [5.41, 5.74) is 0. The predicted octanol–water partition coefficient (Wildman–Crippen LogP) is 2.29. The average Bonchev–Trinajstić information content (AvgIpc) is 1.80. The van der Waals surface area contributed by atoms with Gasteiger partial charge in [-0.2, -0.15) is 4.31 Å². The van der Waals surface area contributed by atoms with Gasteiger partial charge in [0.2, 0.25) is 0 Å². The van der Waals surface area contributed by atoms with E-state index in [1.165, 1.54) is 14.0 Å². The number of hydrogen-bond acceptors (Lipinski definition) is 2. The molecule has 2 nitrogen and oxygen atoms in total. The van der Waals surface area contributed by atoms with E-state index < -0.39 is 11.4 Å². The van der Waals surface area contributed by atoms with Crippen LogP contribution in [0.2, 0.25) is 0 Å². The first-order valence-corrected chi connectivity index (χ1v) is 3.97. The summed E-state index contributed by atoms with van der Waals surface area (Å²) in [6.07, 6.45) is 0. The normalized spacial score (nSPS) is 14.2. The van der Waals surface area contributed by atoms with Crippen LogP contribution in [-0.4, -0.2) is 24.7 Å². The van der Waals surface area contributed by atoms with E-state index in [4.69, 9.17) is 0 Å². The van der Waals surface area contributed by atoms with Crippen LogP contribution in [-0.2, 0) is 4.74 Å². The van der Waals surface area contributed by atoms with E-state index in [9.17, 15) is 11.7 Å². The van der Waals surface area contributed by atoms with Gasteiger partial charge in [-0.05, 0) is 0 Å². The molecular weight excluding hydrogens is 167 g/mol. The van der Waals surface area contributed by atoms with E-state index in [-0.39, 0.29) is 13.3 Å². The van der Waals surface area contributed by atoms with E-state index >= 15 is 0 Å². The van der Waals surface area contributed by atoms with Crippen LogP contribution in [0.25, 0.3) is 0 Å². The molecule has 64 valence electrons. The number of hydrogen-bond donors (Lipinski definition) is 0. The molecule has 0 aliphatic rings. The average molecular weight is 177 g/mol. The topological polar surface area (TPSA) is 12.5 Å². The first-order valence-electron chi connectivity index (χ1n) is 2.68. The number of methoxy groups -OCH3 is 1. The zero-order valence-corrected chi connectivity index (χ0v) is 6.63. The molecule has 0 saturated carbocycles. The monoisotopic (exact) mass is 177 g/mol. The molecule has 10 heavy (non-hydrogen) atoms. The van der Waals surface area contributed by atoms with Crippen molar-refractivity contribution in [1.82, 2.24) is 4.31 Å². The van der Waals surface area contributed by atoms with Crippen molar-refractivity contribution in [2.24, 2.45) is 0 Å². The zero-order chi connectivity index (χ0) is 8.20. The summed E-state index contributed by atoms with van der Waals surface area (Å²) in [7, 11) is 1.24. The van der Waals surface area contributed by atoms with Crippen molar-refractivity contribution >= 4 is 11.4 Å². The smallest absolute Gasteiger partial charge is 0.280 e. The quantitative estimate of drug-likeness (QED) is 0.611. The van der Waals surface area contributed by atoms with Crippen LogP contribution >= 0.6 is 11.4 Å². The lowest BCUT2D eigenvalue weighted by Crippen LogP contribution is -2.22. The maximum Gasteiger partial charge on any atom is 0.280 e. The second-order valence-electron chi connectivity index (χ2n) is 1.60. The molecular formula is C4H10F3NOS. The van der Waals surface area contributed by atoms with Crippen molar-refractivity contribution in [2.75, 3.05) is 20.4 Å². The Morgan fingerprint density at radius 2 is 1.90 bits per heavy atom. The highest BCUT2D eigenvalue weighted by Gasteiger charge is 2.29. The molecule has 0 saturated heterocycles. The lowest BCUT2D eigenvalue weighted by Gasteiger charge is -2.24. The van der Waals surface area contributed by atoms with Gasteiger partial charge in [-0.15, -0.1) is 11.7 Å². The summed E-state index contributed by atoms with van der Waals surface area (Å²) in [5.74, 6) is 0. The molecule has 0 unspecified atom stereocenters. The Morgan fingerprint density at radius 3 is 2.00 bits per heavy atom. The zero-order valence-electron chi connectivity index (χ0n) is 5.81. The highest BCUT2D eigenvalue weighted by molar-refractivity contribution is 8.18. The molecule has 0 atom stereocenters. The van der Waals surface area contributed by atoms with Crippen molar-refractivity contribution in [3.8, 4) is 0 Å². The van der Waals surface area contributed by atoms with Crippen molar-refractivity contribution in [3.05, 3.63) is 0 Å². The third-order valence-electron chi connectivity index (χ3n) is 0.919. The van der Waals surface area contributed by atoms with Gasteiger partial charge in [-0.3, -0.25) is 0 Å². The van der Waals surface area contributed by atoms with Crippen LogP contribution < -0.4 is 0 Å². The second-order valence-corrected chi connectivity index (χ2v) is 2.88. The van der Waals surface area contributed by atoms with Crippen LogP contribution in [0.4, 0.5) is 11.7 Å². The van der Waals surface area contributed by atoms with Crippen LogP contribution in [0, 0.1) is 0 Å². The molecule has 0 bridgehead atoms. The summed E-state index contributed by atoms with van der Waals surface area (Å²) in [6, 6.07) is 0. The van der Waals surface area contributed by atoms with Crippen LogP contribution in [0.5, 0.6) is 0 Å². The van der Waals surface area contributed by atoms with Gasteiger partial charge in [0.15, 0.2) is 0 Å². The molecule has 0 rings (SSSR count). The molecule has 0 heterocycles. The summed E-state index contributed by atoms with van der Waals surface area (Å²) in [4.78, 5) is 0. The van der Waals surface area contributed by atoms with Crippen molar-refractivity contribution in [3.63, 3.8) is 0 Å². The summed E-state index contributed by atoms with van der Waals surface area (Å²) < 4.78 is 40.2. The van der Waals surface area contributed by atoms with Crippen molar-refractivity contribution in [2.45, 2.75) is 6.92 Å². The molecule has 0 radical (unpaired) electrons.